The number of rotatable bonds is 5. The van der Waals surface area contributed by atoms with Gasteiger partial charge in [-0.1, -0.05) is 12.1 Å². The Labute approximate surface area is 160 Å². The monoisotopic (exact) mass is 369 g/mol. The van der Waals surface area contributed by atoms with Crippen LogP contribution in [0.25, 0.3) is 11.1 Å². The summed E-state index contributed by atoms with van der Waals surface area (Å²) in [5.74, 6) is -0.285. The lowest BCUT2D eigenvalue weighted by Gasteiger charge is -2.20. The highest BCUT2D eigenvalue weighted by Gasteiger charge is 2.28. The molecule has 2 heterocycles. The highest BCUT2D eigenvalue weighted by atomic mass is 16.5. The average Bonchev–Trinajstić information content (AvgIpc) is 3.29. The maximum atomic E-state index is 12.7. The summed E-state index contributed by atoms with van der Waals surface area (Å²) < 4.78 is 5.04. The van der Waals surface area contributed by atoms with E-state index in [-0.39, 0.29) is 11.9 Å². The first-order valence-corrected chi connectivity index (χ1v) is 9.33. The molecule has 3 rings (SSSR count). The summed E-state index contributed by atoms with van der Waals surface area (Å²) in [5, 5.41) is 0. The number of likely N-dealkylation sites (tertiary alicyclic amines) is 1. The maximum absolute atomic E-state index is 12.7. The highest BCUT2D eigenvalue weighted by Crippen LogP contribution is 2.26. The molecular weight excluding hydrogens is 342 g/mol. The van der Waals surface area contributed by atoms with E-state index in [0.717, 1.165) is 36.3 Å². The molecule has 0 unspecified atom stereocenters. The Morgan fingerprint density at radius 2 is 1.96 bits per heavy atom. The van der Waals surface area contributed by atoms with Crippen LogP contribution in [0, 0.1) is 6.92 Å². The molecule has 1 saturated heterocycles. The number of aryl methyl sites for hydroxylation is 1. The Morgan fingerprint density at radius 3 is 2.56 bits per heavy atom. The zero-order valence-corrected chi connectivity index (χ0v) is 16.4. The van der Waals surface area contributed by atoms with Gasteiger partial charge in [-0.25, -0.2) is 4.79 Å². The molecule has 0 aliphatic carbocycles. The number of amides is 1. The molecule has 1 N–H and O–H groups in total. The van der Waals surface area contributed by atoms with Gasteiger partial charge in [0.25, 0.3) is 5.91 Å². The van der Waals surface area contributed by atoms with E-state index in [1.165, 1.54) is 0 Å². The Balaban J connectivity index is 1.74. The van der Waals surface area contributed by atoms with Crippen molar-refractivity contribution >= 4 is 11.9 Å². The summed E-state index contributed by atoms with van der Waals surface area (Å²) in [7, 11) is 4.11. The molecule has 1 atom stereocenters. The largest absolute Gasteiger partial charge is 0.461 e. The molecular formula is C21H27N3O3. The Morgan fingerprint density at radius 1 is 1.26 bits per heavy atom. The summed E-state index contributed by atoms with van der Waals surface area (Å²) in [6, 6.07) is 9.80. The number of nitrogens with zero attached hydrogens (tertiary/aromatic N) is 2. The van der Waals surface area contributed by atoms with Crippen LogP contribution in [-0.2, 0) is 4.74 Å². The lowest BCUT2D eigenvalue weighted by Crippen LogP contribution is -2.34. The van der Waals surface area contributed by atoms with Crippen LogP contribution in [0.4, 0.5) is 0 Å². The molecule has 1 aliphatic heterocycles. The van der Waals surface area contributed by atoms with Gasteiger partial charge >= 0.3 is 5.97 Å². The van der Waals surface area contributed by atoms with E-state index in [1.807, 2.05) is 36.1 Å². The summed E-state index contributed by atoms with van der Waals surface area (Å²) >= 11 is 0. The lowest BCUT2D eigenvalue weighted by molar-refractivity contribution is 0.0520. The van der Waals surface area contributed by atoms with E-state index in [0.29, 0.717) is 23.9 Å². The second kappa shape index (κ2) is 7.96. The minimum Gasteiger partial charge on any atom is -0.461 e. The first kappa shape index (κ1) is 19.2. The summed E-state index contributed by atoms with van der Waals surface area (Å²) in [5.41, 5.74) is 3.92. The van der Waals surface area contributed by atoms with Crippen LogP contribution < -0.4 is 0 Å². The molecule has 144 valence electrons. The number of ether oxygens (including phenoxy) is 1. The van der Waals surface area contributed by atoms with Gasteiger partial charge in [-0.15, -0.1) is 0 Å². The predicted octanol–water partition coefficient (Wildman–Crippen LogP) is 2.94. The van der Waals surface area contributed by atoms with Crippen molar-refractivity contribution in [3.63, 3.8) is 0 Å². The first-order chi connectivity index (χ1) is 12.9. The van der Waals surface area contributed by atoms with Gasteiger partial charge in [-0.3, -0.25) is 4.79 Å². The fourth-order valence-electron chi connectivity index (χ4n) is 3.50. The Kier molecular flexibility index (Phi) is 5.65. The van der Waals surface area contributed by atoms with Crippen LogP contribution >= 0.6 is 0 Å². The number of carbonyl (C=O) groups excluding carboxylic acids is 2. The van der Waals surface area contributed by atoms with E-state index >= 15 is 0 Å². The summed E-state index contributed by atoms with van der Waals surface area (Å²) in [6.45, 7) is 5.61. The second-order valence-electron chi connectivity index (χ2n) is 7.18. The smallest absolute Gasteiger partial charge is 0.354 e. The van der Waals surface area contributed by atoms with Gasteiger partial charge in [-0.05, 0) is 58.1 Å². The molecule has 1 aromatic heterocycles. The minimum atomic E-state index is -0.358. The van der Waals surface area contributed by atoms with Gasteiger partial charge in [0, 0.05) is 36.0 Å². The van der Waals surface area contributed by atoms with Crippen molar-refractivity contribution in [3.05, 3.63) is 47.3 Å². The quantitative estimate of drug-likeness (QED) is 0.823. The van der Waals surface area contributed by atoms with Crippen molar-refractivity contribution in [2.45, 2.75) is 26.3 Å². The number of aromatic nitrogens is 1. The maximum Gasteiger partial charge on any atom is 0.354 e. The molecule has 2 aromatic rings. The number of esters is 1. The van der Waals surface area contributed by atoms with Crippen LogP contribution in [0.3, 0.4) is 0 Å². The van der Waals surface area contributed by atoms with E-state index in [1.54, 1.807) is 13.0 Å². The average molecular weight is 369 g/mol. The SMILES string of the molecule is CCOC(=O)c1cc(-c2ccc(C(=O)N3CC[C@H](N(C)C)C3)cc2)c(C)[nH]1. The molecule has 0 spiro atoms. The molecule has 6 nitrogen and oxygen atoms in total. The van der Waals surface area contributed by atoms with E-state index in [9.17, 15) is 9.59 Å². The first-order valence-electron chi connectivity index (χ1n) is 9.33. The van der Waals surface area contributed by atoms with Crippen LogP contribution in [0.15, 0.2) is 30.3 Å². The van der Waals surface area contributed by atoms with Crippen LogP contribution in [0.1, 0.15) is 39.9 Å². The van der Waals surface area contributed by atoms with Crippen molar-refractivity contribution in [1.29, 1.82) is 0 Å². The fraction of sp³-hybridized carbons (Fsp3) is 0.429. The molecule has 0 radical (unpaired) electrons. The van der Waals surface area contributed by atoms with E-state index < -0.39 is 0 Å². The van der Waals surface area contributed by atoms with Crippen LogP contribution in [-0.4, -0.2) is 66.5 Å². The number of hydrogen-bond acceptors (Lipinski definition) is 4. The molecule has 1 aromatic carbocycles. The van der Waals surface area contributed by atoms with Gasteiger partial charge < -0.3 is 19.5 Å². The number of benzene rings is 1. The van der Waals surface area contributed by atoms with Gasteiger partial charge in [0.05, 0.1) is 6.61 Å². The molecule has 1 amide bonds. The third kappa shape index (κ3) is 4.06. The van der Waals surface area contributed by atoms with Crippen molar-refractivity contribution in [3.8, 4) is 11.1 Å². The molecule has 1 fully saturated rings. The third-order valence-corrected chi connectivity index (χ3v) is 5.13. The standard InChI is InChI=1S/C21H27N3O3/c1-5-27-21(26)19-12-18(14(2)22-19)15-6-8-16(9-7-15)20(25)24-11-10-17(13-24)23(3)4/h6-9,12,17,22H,5,10-11,13H2,1-4H3/t17-/m0/s1. The summed E-state index contributed by atoms with van der Waals surface area (Å²) in [4.78, 5) is 31.8. The molecule has 6 heteroatoms. The minimum absolute atomic E-state index is 0.0731. The Bertz CT molecular complexity index is 824. The van der Waals surface area contributed by atoms with Gasteiger partial charge in [0.15, 0.2) is 0 Å². The lowest BCUT2D eigenvalue weighted by atomic mass is 10.0. The van der Waals surface area contributed by atoms with Crippen molar-refractivity contribution < 1.29 is 14.3 Å². The predicted molar refractivity (Wildman–Crippen MR) is 105 cm³/mol. The van der Waals surface area contributed by atoms with E-state index in [4.69, 9.17) is 4.74 Å². The molecule has 27 heavy (non-hydrogen) atoms. The van der Waals surface area contributed by atoms with Crippen molar-refractivity contribution in [2.24, 2.45) is 0 Å². The van der Waals surface area contributed by atoms with Gasteiger partial charge in [-0.2, -0.15) is 0 Å². The number of aromatic amines is 1. The fourth-order valence-corrected chi connectivity index (χ4v) is 3.50. The molecule has 0 bridgehead atoms. The number of hydrogen-bond donors (Lipinski definition) is 1. The van der Waals surface area contributed by atoms with Crippen molar-refractivity contribution in [2.75, 3.05) is 33.8 Å². The number of carbonyl (C=O) groups is 2. The van der Waals surface area contributed by atoms with Crippen LogP contribution in [0.5, 0.6) is 0 Å². The second-order valence-corrected chi connectivity index (χ2v) is 7.18. The normalized spacial score (nSPS) is 16.8. The van der Waals surface area contributed by atoms with Crippen LogP contribution in [0.2, 0.25) is 0 Å². The molecule has 1 aliphatic rings. The van der Waals surface area contributed by atoms with Gasteiger partial charge in [0.2, 0.25) is 0 Å². The number of H-pyrrole nitrogens is 1. The van der Waals surface area contributed by atoms with E-state index in [2.05, 4.69) is 24.0 Å². The third-order valence-electron chi connectivity index (χ3n) is 5.13. The zero-order chi connectivity index (χ0) is 19.6. The topological polar surface area (TPSA) is 65.6 Å². The molecule has 0 saturated carbocycles. The summed E-state index contributed by atoms with van der Waals surface area (Å²) in [6.07, 6.45) is 1.01. The number of nitrogens with one attached hydrogen (secondary N) is 1. The van der Waals surface area contributed by atoms with Crippen molar-refractivity contribution in [1.82, 2.24) is 14.8 Å². The number of likely N-dealkylation sites (N-methyl/N-ethyl adjacent to an activating group) is 1. The highest BCUT2D eigenvalue weighted by molar-refractivity contribution is 5.95. The van der Waals surface area contributed by atoms with Gasteiger partial charge in [0.1, 0.15) is 5.69 Å². The zero-order valence-electron chi connectivity index (χ0n) is 16.4. The Hall–Kier alpha value is -2.60.